The van der Waals surface area contributed by atoms with Crippen LogP contribution in [0.4, 0.5) is 11.4 Å². The molecule has 1 atom stereocenters. The van der Waals surface area contributed by atoms with Gasteiger partial charge in [-0.15, -0.1) is 11.3 Å². The van der Waals surface area contributed by atoms with Gasteiger partial charge in [0.25, 0.3) is 5.56 Å². The van der Waals surface area contributed by atoms with Gasteiger partial charge >= 0.3 is 0 Å². The molecule has 0 aliphatic carbocycles. The zero-order valence-corrected chi connectivity index (χ0v) is 24.8. The lowest BCUT2D eigenvalue weighted by Gasteiger charge is -2.29. The van der Waals surface area contributed by atoms with E-state index in [4.69, 9.17) is 26.2 Å². The number of morpholine rings is 2. The SMILES string of the molecule is O=C=C1C(c2cccn(CCN3CCOCC3)c2=O)=NN(c2ccc(N3CCOCC3)cc2)C1NCc1ccc(Cl)s1. The Morgan fingerprint density at radius 3 is 2.36 bits per heavy atom. The number of benzene rings is 1. The van der Waals surface area contributed by atoms with Gasteiger partial charge in [0.15, 0.2) is 0 Å². The largest absolute Gasteiger partial charge is 0.379 e. The van der Waals surface area contributed by atoms with Crippen molar-refractivity contribution >= 4 is 46.0 Å². The van der Waals surface area contributed by atoms with Crippen LogP contribution < -0.4 is 20.8 Å². The van der Waals surface area contributed by atoms with Gasteiger partial charge in [0.1, 0.15) is 23.4 Å². The van der Waals surface area contributed by atoms with Gasteiger partial charge < -0.3 is 18.9 Å². The topological polar surface area (TPSA) is 91.6 Å². The number of nitrogens with zero attached hydrogens (tertiary/aromatic N) is 5. The summed E-state index contributed by atoms with van der Waals surface area (Å²) in [5.41, 5.74) is 2.69. The molecule has 10 nitrogen and oxygen atoms in total. The van der Waals surface area contributed by atoms with Crippen molar-refractivity contribution in [3.05, 3.63) is 85.4 Å². The molecule has 0 spiro atoms. The van der Waals surface area contributed by atoms with Gasteiger partial charge in [-0.3, -0.25) is 15.0 Å². The molecule has 0 saturated carbocycles. The van der Waals surface area contributed by atoms with E-state index in [0.717, 1.165) is 49.0 Å². The predicted molar refractivity (Wildman–Crippen MR) is 166 cm³/mol. The maximum Gasteiger partial charge on any atom is 0.260 e. The highest BCUT2D eigenvalue weighted by atomic mass is 35.5. The molecule has 2 fully saturated rings. The van der Waals surface area contributed by atoms with Gasteiger partial charge in [0.05, 0.1) is 42.0 Å². The number of rotatable bonds is 9. The van der Waals surface area contributed by atoms with E-state index in [2.05, 4.69) is 33.2 Å². The zero-order valence-electron chi connectivity index (χ0n) is 23.2. The summed E-state index contributed by atoms with van der Waals surface area (Å²) < 4.78 is 13.3. The molecule has 5 heterocycles. The van der Waals surface area contributed by atoms with E-state index in [1.165, 1.54) is 11.3 Å². The molecule has 0 bridgehead atoms. The fourth-order valence-electron chi connectivity index (χ4n) is 5.42. The van der Waals surface area contributed by atoms with Gasteiger partial charge in [-0.05, 0) is 48.5 Å². The average molecular weight is 609 g/mol. The van der Waals surface area contributed by atoms with E-state index in [0.29, 0.717) is 55.1 Å². The summed E-state index contributed by atoms with van der Waals surface area (Å²) in [6.45, 7) is 7.93. The van der Waals surface area contributed by atoms with Crippen molar-refractivity contribution < 1.29 is 14.3 Å². The van der Waals surface area contributed by atoms with E-state index >= 15 is 0 Å². The number of carbonyl (C=O) groups excluding carboxylic acids is 1. The Labute approximate surface area is 253 Å². The summed E-state index contributed by atoms with van der Waals surface area (Å²) in [7, 11) is 0. The molecule has 3 aromatic rings. The summed E-state index contributed by atoms with van der Waals surface area (Å²) in [6.07, 6.45) is 1.17. The molecule has 0 radical (unpaired) electrons. The summed E-state index contributed by atoms with van der Waals surface area (Å²) in [4.78, 5) is 31.8. The molecule has 1 unspecified atom stereocenters. The van der Waals surface area contributed by atoms with Crippen LogP contribution in [0.2, 0.25) is 4.34 Å². The maximum atomic E-state index is 13.7. The molecule has 12 heteroatoms. The summed E-state index contributed by atoms with van der Waals surface area (Å²) >= 11 is 7.63. The van der Waals surface area contributed by atoms with Gasteiger partial charge in [0, 0.05) is 62.6 Å². The van der Waals surface area contributed by atoms with Crippen molar-refractivity contribution in [3.63, 3.8) is 0 Å². The average Bonchev–Trinajstić information content (AvgIpc) is 3.63. The number of hydrogen-bond donors (Lipinski definition) is 1. The quantitative estimate of drug-likeness (QED) is 0.371. The maximum absolute atomic E-state index is 13.7. The van der Waals surface area contributed by atoms with Crippen LogP contribution in [0.15, 0.2) is 70.2 Å². The molecule has 1 aromatic carbocycles. The second-order valence-corrected chi connectivity index (χ2v) is 12.1. The first kappa shape index (κ1) is 28.8. The van der Waals surface area contributed by atoms with E-state index in [9.17, 15) is 9.59 Å². The Bertz CT molecular complexity index is 1520. The molecule has 2 saturated heterocycles. The van der Waals surface area contributed by atoms with Crippen molar-refractivity contribution in [1.29, 1.82) is 0 Å². The minimum atomic E-state index is -0.617. The second kappa shape index (κ2) is 13.4. The highest BCUT2D eigenvalue weighted by molar-refractivity contribution is 7.16. The number of aromatic nitrogens is 1. The number of hydrazone groups is 1. The highest BCUT2D eigenvalue weighted by Gasteiger charge is 2.36. The number of ether oxygens (including phenoxy) is 2. The van der Waals surface area contributed by atoms with Crippen LogP contribution in [0.3, 0.4) is 0 Å². The number of pyridine rings is 1. The molecule has 220 valence electrons. The number of halogens is 1. The molecule has 0 amide bonds. The third-order valence-corrected chi connectivity index (χ3v) is 8.95. The van der Waals surface area contributed by atoms with Crippen molar-refractivity contribution in [2.45, 2.75) is 19.3 Å². The molecule has 3 aliphatic rings. The Morgan fingerprint density at radius 1 is 0.952 bits per heavy atom. The lowest BCUT2D eigenvalue weighted by molar-refractivity contribution is 0.0363. The smallest absolute Gasteiger partial charge is 0.260 e. The van der Waals surface area contributed by atoms with Gasteiger partial charge in [-0.1, -0.05) is 11.6 Å². The number of nitrogens with one attached hydrogen (secondary N) is 1. The third kappa shape index (κ3) is 6.38. The van der Waals surface area contributed by atoms with Crippen molar-refractivity contribution in [3.8, 4) is 0 Å². The third-order valence-electron chi connectivity index (χ3n) is 7.72. The van der Waals surface area contributed by atoms with E-state index in [-0.39, 0.29) is 11.1 Å². The molecule has 42 heavy (non-hydrogen) atoms. The molecular weight excluding hydrogens is 576 g/mol. The van der Waals surface area contributed by atoms with Crippen LogP contribution in [-0.4, -0.2) is 86.4 Å². The Kier molecular flexibility index (Phi) is 9.16. The van der Waals surface area contributed by atoms with E-state index < -0.39 is 6.17 Å². The number of thiophene rings is 1. The Hall–Kier alpha value is -3.28. The number of anilines is 2. The van der Waals surface area contributed by atoms with E-state index in [1.54, 1.807) is 21.8 Å². The first-order valence-electron chi connectivity index (χ1n) is 14.1. The van der Waals surface area contributed by atoms with Crippen LogP contribution in [0.1, 0.15) is 10.4 Å². The summed E-state index contributed by atoms with van der Waals surface area (Å²) in [5.74, 6) is 2.11. The van der Waals surface area contributed by atoms with E-state index in [1.807, 2.05) is 30.3 Å². The second-order valence-electron chi connectivity index (χ2n) is 10.3. The molecular formula is C30H33ClN6O4S. The molecule has 2 aromatic heterocycles. The van der Waals surface area contributed by atoms with Crippen LogP contribution in [0, 0.1) is 0 Å². The first-order chi connectivity index (χ1) is 20.6. The molecule has 1 N–H and O–H groups in total. The minimum absolute atomic E-state index is 0.189. The van der Waals surface area contributed by atoms with Gasteiger partial charge in [0.2, 0.25) is 0 Å². The first-order valence-corrected chi connectivity index (χ1v) is 15.3. The normalized spacial score (nSPS) is 19.7. The highest BCUT2D eigenvalue weighted by Crippen LogP contribution is 2.30. The van der Waals surface area contributed by atoms with Crippen molar-refractivity contribution in [1.82, 2.24) is 14.8 Å². The van der Waals surface area contributed by atoms with Crippen LogP contribution >= 0.6 is 22.9 Å². The zero-order chi connectivity index (χ0) is 28.9. The monoisotopic (exact) mass is 608 g/mol. The van der Waals surface area contributed by atoms with Crippen molar-refractivity contribution in [2.75, 3.05) is 69.1 Å². The minimum Gasteiger partial charge on any atom is -0.379 e. The standard InChI is InChI=1S/C30H33ClN6O4S/c31-27-8-7-24(42-27)20-32-29-26(21-38)28(25-2-1-9-36(30(25)39)11-10-34-12-16-40-17-13-34)33-37(29)23-5-3-22(4-6-23)35-14-18-41-19-15-35/h1-9,29,32H,10-20H2. The van der Waals surface area contributed by atoms with Gasteiger partial charge in [-0.2, -0.15) is 5.10 Å². The summed E-state index contributed by atoms with van der Waals surface area (Å²) in [5, 5.41) is 10.1. The fraction of sp³-hybridized carbons (Fsp3) is 0.400. The fourth-order valence-corrected chi connectivity index (χ4v) is 6.46. The van der Waals surface area contributed by atoms with Crippen LogP contribution in [0.5, 0.6) is 0 Å². The van der Waals surface area contributed by atoms with Crippen molar-refractivity contribution in [2.24, 2.45) is 5.10 Å². The van der Waals surface area contributed by atoms with Gasteiger partial charge in [-0.25, -0.2) is 9.80 Å². The van der Waals surface area contributed by atoms with Crippen LogP contribution in [0.25, 0.3) is 0 Å². The predicted octanol–water partition coefficient (Wildman–Crippen LogP) is 2.83. The Balaban J connectivity index is 1.30. The number of hydrogen-bond acceptors (Lipinski definition) is 10. The molecule has 3 aliphatic heterocycles. The lowest BCUT2D eigenvalue weighted by Crippen LogP contribution is -2.42. The Morgan fingerprint density at radius 2 is 1.67 bits per heavy atom. The summed E-state index contributed by atoms with van der Waals surface area (Å²) in [6, 6.07) is 15.4. The van der Waals surface area contributed by atoms with Crippen LogP contribution in [-0.2, 0) is 27.4 Å². The lowest BCUT2D eigenvalue weighted by atomic mass is 10.0. The molecule has 6 rings (SSSR count).